The number of rotatable bonds is 2. The van der Waals surface area contributed by atoms with Gasteiger partial charge in [-0.1, -0.05) is 18.2 Å². The van der Waals surface area contributed by atoms with Crippen LogP contribution in [0.2, 0.25) is 0 Å². The van der Waals surface area contributed by atoms with Gasteiger partial charge in [-0.3, -0.25) is 4.79 Å². The molecule has 2 heteroatoms. The number of aldehydes is 1. The van der Waals surface area contributed by atoms with E-state index in [-0.39, 0.29) is 0 Å². The molecule has 1 aromatic rings. The highest BCUT2D eigenvalue weighted by atomic mass is 19.1. The van der Waals surface area contributed by atoms with Gasteiger partial charge in [0.15, 0.2) is 0 Å². The van der Waals surface area contributed by atoms with E-state index in [0.717, 1.165) is 19.1 Å². The molecule has 1 aliphatic rings. The van der Waals surface area contributed by atoms with E-state index in [1.807, 2.05) is 0 Å². The molecule has 1 aliphatic carbocycles. The first-order chi connectivity index (χ1) is 6.74. The van der Waals surface area contributed by atoms with Crippen molar-refractivity contribution in [3.63, 3.8) is 0 Å². The van der Waals surface area contributed by atoms with Crippen LogP contribution in [0.4, 0.5) is 4.39 Å². The first-order valence-electron chi connectivity index (χ1n) is 4.99. The minimum atomic E-state index is -1.18. The number of carbonyl (C=O) groups is 1. The average molecular weight is 192 g/mol. The fourth-order valence-corrected chi connectivity index (χ4v) is 2.11. The van der Waals surface area contributed by atoms with Gasteiger partial charge in [0.2, 0.25) is 0 Å². The standard InChI is InChI=1S/C12H13FO/c13-12(6-1-2-7-12)11-5-3-4-10(8-11)9-14/h3-5,8-9H,1-2,6-7H2. The first kappa shape index (κ1) is 9.38. The Morgan fingerprint density at radius 3 is 2.64 bits per heavy atom. The monoisotopic (exact) mass is 192 g/mol. The maximum Gasteiger partial charge on any atom is 0.150 e. The summed E-state index contributed by atoms with van der Waals surface area (Å²) in [4.78, 5) is 10.6. The molecule has 1 fully saturated rings. The van der Waals surface area contributed by atoms with Gasteiger partial charge >= 0.3 is 0 Å². The molecule has 0 unspecified atom stereocenters. The predicted octanol–water partition coefficient (Wildman–Crippen LogP) is 3.24. The molecular formula is C12H13FO. The molecule has 0 N–H and O–H groups in total. The third kappa shape index (κ3) is 1.57. The summed E-state index contributed by atoms with van der Waals surface area (Å²) in [6, 6.07) is 6.89. The fourth-order valence-electron chi connectivity index (χ4n) is 2.11. The SMILES string of the molecule is O=Cc1cccc(C2(F)CCCC2)c1. The van der Waals surface area contributed by atoms with Crippen LogP contribution in [0.1, 0.15) is 41.6 Å². The van der Waals surface area contributed by atoms with Crippen LogP contribution in [-0.4, -0.2) is 6.29 Å². The van der Waals surface area contributed by atoms with E-state index in [1.54, 1.807) is 24.3 Å². The Morgan fingerprint density at radius 2 is 2.00 bits per heavy atom. The lowest BCUT2D eigenvalue weighted by atomic mass is 9.93. The third-order valence-electron chi connectivity index (χ3n) is 2.94. The van der Waals surface area contributed by atoms with E-state index in [2.05, 4.69) is 0 Å². The zero-order chi connectivity index (χ0) is 10.0. The third-order valence-corrected chi connectivity index (χ3v) is 2.94. The van der Waals surface area contributed by atoms with Crippen molar-refractivity contribution in [2.75, 3.05) is 0 Å². The van der Waals surface area contributed by atoms with Crippen molar-refractivity contribution >= 4 is 6.29 Å². The van der Waals surface area contributed by atoms with Crippen LogP contribution in [-0.2, 0) is 5.67 Å². The van der Waals surface area contributed by atoms with E-state index >= 15 is 0 Å². The molecule has 0 spiro atoms. The number of benzene rings is 1. The van der Waals surface area contributed by atoms with E-state index in [9.17, 15) is 9.18 Å². The molecule has 74 valence electrons. The van der Waals surface area contributed by atoms with Crippen LogP contribution < -0.4 is 0 Å². The smallest absolute Gasteiger partial charge is 0.150 e. The highest BCUT2D eigenvalue weighted by Gasteiger charge is 2.35. The molecule has 0 saturated heterocycles. The maximum atomic E-state index is 14.2. The summed E-state index contributed by atoms with van der Waals surface area (Å²) in [5.41, 5.74) is 0.0463. The van der Waals surface area contributed by atoms with Crippen LogP contribution in [0.15, 0.2) is 24.3 Å². The number of halogens is 1. The van der Waals surface area contributed by atoms with E-state index in [0.29, 0.717) is 24.0 Å². The lowest BCUT2D eigenvalue weighted by Crippen LogP contribution is -2.14. The Bertz CT molecular complexity index is 340. The van der Waals surface area contributed by atoms with Crippen molar-refractivity contribution in [1.82, 2.24) is 0 Å². The van der Waals surface area contributed by atoms with E-state index in [4.69, 9.17) is 0 Å². The summed E-state index contributed by atoms with van der Waals surface area (Å²) in [6.07, 6.45) is 3.84. The second-order valence-electron chi connectivity index (χ2n) is 3.92. The summed E-state index contributed by atoms with van der Waals surface area (Å²) in [6.45, 7) is 0. The van der Waals surface area contributed by atoms with Crippen molar-refractivity contribution in [2.45, 2.75) is 31.4 Å². The van der Waals surface area contributed by atoms with Crippen LogP contribution in [0.5, 0.6) is 0 Å². The van der Waals surface area contributed by atoms with Gasteiger partial charge in [-0.25, -0.2) is 4.39 Å². The molecule has 1 saturated carbocycles. The summed E-state index contributed by atoms with van der Waals surface area (Å²) < 4.78 is 14.2. The molecule has 0 radical (unpaired) electrons. The van der Waals surface area contributed by atoms with Crippen LogP contribution in [0.3, 0.4) is 0 Å². The Kier molecular flexibility index (Phi) is 2.36. The van der Waals surface area contributed by atoms with Crippen molar-refractivity contribution in [3.05, 3.63) is 35.4 Å². The van der Waals surface area contributed by atoms with Gasteiger partial charge < -0.3 is 0 Å². The van der Waals surface area contributed by atoms with Crippen LogP contribution in [0, 0.1) is 0 Å². The van der Waals surface area contributed by atoms with Crippen molar-refractivity contribution in [2.24, 2.45) is 0 Å². The number of alkyl halides is 1. The first-order valence-corrected chi connectivity index (χ1v) is 4.99. The summed E-state index contributed by atoms with van der Waals surface area (Å²) in [5.74, 6) is 0. The molecule has 0 amide bonds. The zero-order valence-electron chi connectivity index (χ0n) is 8.00. The Labute approximate surface area is 82.9 Å². The second kappa shape index (κ2) is 3.52. The molecule has 0 heterocycles. The van der Waals surface area contributed by atoms with Crippen LogP contribution >= 0.6 is 0 Å². The Balaban J connectivity index is 2.35. The largest absolute Gasteiger partial charge is 0.298 e. The molecule has 0 bridgehead atoms. The van der Waals surface area contributed by atoms with Gasteiger partial charge in [-0.15, -0.1) is 0 Å². The summed E-state index contributed by atoms with van der Waals surface area (Å²) >= 11 is 0. The quantitative estimate of drug-likeness (QED) is 0.657. The second-order valence-corrected chi connectivity index (χ2v) is 3.92. The molecule has 0 aromatic heterocycles. The number of hydrogen-bond acceptors (Lipinski definition) is 1. The van der Waals surface area contributed by atoms with Crippen molar-refractivity contribution < 1.29 is 9.18 Å². The Morgan fingerprint density at radius 1 is 1.29 bits per heavy atom. The topological polar surface area (TPSA) is 17.1 Å². The molecule has 1 nitrogen and oxygen atoms in total. The maximum absolute atomic E-state index is 14.2. The van der Waals surface area contributed by atoms with E-state index < -0.39 is 5.67 Å². The minimum absolute atomic E-state index is 0.562. The highest BCUT2D eigenvalue weighted by Crippen LogP contribution is 2.42. The molecule has 14 heavy (non-hydrogen) atoms. The predicted molar refractivity (Wildman–Crippen MR) is 53.1 cm³/mol. The van der Waals surface area contributed by atoms with Gasteiger partial charge in [0.1, 0.15) is 12.0 Å². The van der Waals surface area contributed by atoms with Gasteiger partial charge in [-0.2, -0.15) is 0 Å². The summed E-state index contributed by atoms with van der Waals surface area (Å²) in [7, 11) is 0. The lowest BCUT2D eigenvalue weighted by Gasteiger charge is -2.19. The molecular weight excluding hydrogens is 179 g/mol. The minimum Gasteiger partial charge on any atom is -0.298 e. The van der Waals surface area contributed by atoms with E-state index in [1.165, 1.54) is 0 Å². The fraction of sp³-hybridized carbons (Fsp3) is 0.417. The molecule has 2 rings (SSSR count). The van der Waals surface area contributed by atoms with Crippen LogP contribution in [0.25, 0.3) is 0 Å². The number of carbonyl (C=O) groups excluding carboxylic acids is 1. The number of hydrogen-bond donors (Lipinski definition) is 0. The lowest BCUT2D eigenvalue weighted by molar-refractivity contribution is 0.112. The van der Waals surface area contributed by atoms with Crippen molar-refractivity contribution in [1.29, 1.82) is 0 Å². The Hall–Kier alpha value is -1.18. The normalized spacial score (nSPS) is 19.5. The molecule has 0 aliphatic heterocycles. The van der Waals surface area contributed by atoms with Gasteiger partial charge in [0, 0.05) is 5.56 Å². The average Bonchev–Trinajstić information content (AvgIpc) is 2.67. The molecule has 1 aromatic carbocycles. The highest BCUT2D eigenvalue weighted by molar-refractivity contribution is 5.75. The van der Waals surface area contributed by atoms with Gasteiger partial charge in [0.05, 0.1) is 0 Å². The summed E-state index contributed by atoms with van der Waals surface area (Å²) in [5, 5.41) is 0. The zero-order valence-corrected chi connectivity index (χ0v) is 8.00. The van der Waals surface area contributed by atoms with Crippen molar-refractivity contribution in [3.8, 4) is 0 Å². The van der Waals surface area contributed by atoms with Gasteiger partial charge in [-0.05, 0) is 37.3 Å². The molecule has 0 atom stereocenters. The van der Waals surface area contributed by atoms with Gasteiger partial charge in [0.25, 0.3) is 0 Å².